The highest BCUT2D eigenvalue weighted by Crippen LogP contribution is 2.34. The van der Waals surface area contributed by atoms with Crippen LogP contribution in [0.1, 0.15) is 45.0 Å². The fraction of sp³-hybridized carbons (Fsp3) is 0.750. The molecule has 0 amide bonds. The maximum Gasteiger partial charge on any atom is 0.108 e. The minimum atomic E-state index is -0.127. The van der Waals surface area contributed by atoms with Crippen molar-refractivity contribution in [1.29, 1.82) is 0 Å². The summed E-state index contributed by atoms with van der Waals surface area (Å²) in [6.07, 6.45) is 7.71. The third-order valence-corrected chi connectivity index (χ3v) is 3.55. The van der Waals surface area contributed by atoms with Crippen molar-refractivity contribution in [3.05, 3.63) is 18.2 Å². The van der Waals surface area contributed by atoms with Crippen LogP contribution in [0.15, 0.2) is 12.4 Å². The second kappa shape index (κ2) is 4.35. The van der Waals surface area contributed by atoms with Gasteiger partial charge in [-0.15, -0.1) is 0 Å². The molecule has 1 aliphatic carbocycles. The van der Waals surface area contributed by atoms with E-state index in [1.807, 2.05) is 6.20 Å². The van der Waals surface area contributed by atoms with Gasteiger partial charge in [0.05, 0.1) is 6.10 Å². The van der Waals surface area contributed by atoms with Gasteiger partial charge in [0.1, 0.15) is 5.82 Å². The molecule has 0 bridgehead atoms. The van der Waals surface area contributed by atoms with Crippen molar-refractivity contribution in [3.63, 3.8) is 0 Å². The lowest BCUT2D eigenvalue weighted by atomic mass is 9.84. The van der Waals surface area contributed by atoms with Crippen LogP contribution in [0.25, 0.3) is 0 Å². The Morgan fingerprint density at radius 2 is 2.33 bits per heavy atom. The van der Waals surface area contributed by atoms with Gasteiger partial charge in [-0.1, -0.05) is 13.8 Å². The van der Waals surface area contributed by atoms with Gasteiger partial charge in [0.2, 0.25) is 0 Å². The predicted molar refractivity (Wildman–Crippen MR) is 59.7 cm³/mol. The Morgan fingerprint density at radius 3 is 3.07 bits per heavy atom. The van der Waals surface area contributed by atoms with Crippen LogP contribution in [0.3, 0.4) is 0 Å². The number of hydrogen-bond acceptors (Lipinski definition) is 2. The van der Waals surface area contributed by atoms with Crippen LogP contribution in [0.5, 0.6) is 0 Å². The lowest BCUT2D eigenvalue weighted by Gasteiger charge is -2.33. The van der Waals surface area contributed by atoms with Crippen LogP contribution >= 0.6 is 0 Å². The molecule has 0 aromatic carbocycles. The molecule has 3 nitrogen and oxygen atoms in total. The highest BCUT2D eigenvalue weighted by Gasteiger charge is 2.28. The molecule has 1 aliphatic rings. The van der Waals surface area contributed by atoms with Crippen LogP contribution in [0, 0.1) is 5.92 Å². The molecule has 1 N–H and O–H groups in total. The molecule has 1 aromatic rings. The van der Waals surface area contributed by atoms with Crippen molar-refractivity contribution in [3.8, 4) is 0 Å². The van der Waals surface area contributed by atoms with Gasteiger partial charge in [-0.25, -0.2) is 4.98 Å². The van der Waals surface area contributed by atoms with Crippen molar-refractivity contribution in [2.75, 3.05) is 0 Å². The smallest absolute Gasteiger partial charge is 0.108 e. The zero-order chi connectivity index (χ0) is 10.8. The molecule has 0 spiro atoms. The number of aromatic nitrogens is 2. The molecular weight excluding hydrogens is 188 g/mol. The number of hydrogen-bond donors (Lipinski definition) is 1. The summed E-state index contributed by atoms with van der Waals surface area (Å²) in [5.41, 5.74) is 0. The zero-order valence-electron chi connectivity index (χ0n) is 9.56. The number of imidazole rings is 1. The largest absolute Gasteiger partial charge is 0.393 e. The molecule has 1 aromatic heterocycles. The summed E-state index contributed by atoms with van der Waals surface area (Å²) >= 11 is 0. The van der Waals surface area contributed by atoms with E-state index in [1.54, 1.807) is 0 Å². The van der Waals surface area contributed by atoms with Crippen LogP contribution in [0.2, 0.25) is 0 Å². The number of rotatable bonds is 2. The minimum absolute atomic E-state index is 0.127. The first-order valence-electron chi connectivity index (χ1n) is 5.92. The first kappa shape index (κ1) is 10.7. The summed E-state index contributed by atoms with van der Waals surface area (Å²) in [5.74, 6) is 1.79. The van der Waals surface area contributed by atoms with E-state index in [0.717, 1.165) is 31.5 Å². The van der Waals surface area contributed by atoms with Gasteiger partial charge in [0, 0.05) is 24.9 Å². The van der Waals surface area contributed by atoms with Gasteiger partial charge < -0.3 is 9.67 Å². The third kappa shape index (κ3) is 2.07. The Labute approximate surface area is 91.1 Å². The molecule has 15 heavy (non-hydrogen) atoms. The van der Waals surface area contributed by atoms with Crippen molar-refractivity contribution >= 4 is 0 Å². The van der Waals surface area contributed by atoms with Crippen LogP contribution in [-0.2, 0) is 6.42 Å². The standard InChI is InChI=1S/C12H20N2O/c1-3-12-13-6-7-14(12)11-8-10(15)5-4-9(11)2/h6-7,9-11,15H,3-5,8H2,1-2H3. The molecule has 2 rings (SSSR count). The van der Waals surface area contributed by atoms with Crippen LogP contribution in [-0.4, -0.2) is 20.8 Å². The quantitative estimate of drug-likeness (QED) is 0.809. The molecule has 3 unspecified atom stereocenters. The first-order chi connectivity index (χ1) is 7.22. The molecule has 3 heteroatoms. The minimum Gasteiger partial charge on any atom is -0.393 e. The summed E-state index contributed by atoms with van der Waals surface area (Å²) in [4.78, 5) is 4.35. The Bertz CT molecular complexity index is 321. The van der Waals surface area contributed by atoms with E-state index in [0.29, 0.717) is 12.0 Å². The van der Waals surface area contributed by atoms with E-state index in [1.165, 1.54) is 0 Å². The summed E-state index contributed by atoms with van der Waals surface area (Å²) < 4.78 is 2.26. The lowest BCUT2D eigenvalue weighted by Crippen LogP contribution is -2.29. The van der Waals surface area contributed by atoms with Crippen molar-refractivity contribution in [1.82, 2.24) is 9.55 Å². The van der Waals surface area contributed by atoms with Crippen LogP contribution in [0.4, 0.5) is 0 Å². The summed E-state index contributed by atoms with van der Waals surface area (Å²) in [7, 11) is 0. The Hall–Kier alpha value is -0.830. The topological polar surface area (TPSA) is 38.0 Å². The normalized spacial score (nSPS) is 31.8. The van der Waals surface area contributed by atoms with Gasteiger partial charge in [0.25, 0.3) is 0 Å². The average molecular weight is 208 g/mol. The first-order valence-corrected chi connectivity index (χ1v) is 5.92. The molecular formula is C12H20N2O. The van der Waals surface area contributed by atoms with E-state index in [-0.39, 0.29) is 6.10 Å². The van der Waals surface area contributed by atoms with Gasteiger partial charge >= 0.3 is 0 Å². The lowest BCUT2D eigenvalue weighted by molar-refractivity contribution is 0.0770. The van der Waals surface area contributed by atoms with Crippen molar-refractivity contribution in [2.24, 2.45) is 5.92 Å². The molecule has 1 saturated carbocycles. The number of nitrogens with zero attached hydrogens (tertiary/aromatic N) is 2. The molecule has 1 fully saturated rings. The maximum absolute atomic E-state index is 9.73. The molecule has 0 aliphatic heterocycles. The Balaban J connectivity index is 2.20. The van der Waals surface area contributed by atoms with Gasteiger partial charge in [0.15, 0.2) is 0 Å². The Morgan fingerprint density at radius 1 is 1.53 bits per heavy atom. The number of aliphatic hydroxyl groups is 1. The molecule has 3 atom stereocenters. The van der Waals surface area contributed by atoms with Gasteiger partial charge in [-0.2, -0.15) is 0 Å². The SMILES string of the molecule is CCc1nccn1C1CC(O)CCC1C. The van der Waals surface area contributed by atoms with E-state index in [2.05, 4.69) is 29.6 Å². The zero-order valence-corrected chi connectivity index (χ0v) is 9.56. The average Bonchev–Trinajstić information content (AvgIpc) is 2.69. The fourth-order valence-corrected chi connectivity index (χ4v) is 2.58. The van der Waals surface area contributed by atoms with E-state index in [9.17, 15) is 5.11 Å². The van der Waals surface area contributed by atoms with Gasteiger partial charge in [-0.05, 0) is 25.2 Å². The van der Waals surface area contributed by atoms with E-state index < -0.39 is 0 Å². The molecule has 1 heterocycles. The summed E-state index contributed by atoms with van der Waals surface area (Å²) in [6, 6.07) is 0.436. The highest BCUT2D eigenvalue weighted by molar-refractivity contribution is 4.97. The molecule has 84 valence electrons. The molecule has 0 saturated heterocycles. The molecule has 0 radical (unpaired) electrons. The maximum atomic E-state index is 9.73. The van der Waals surface area contributed by atoms with Crippen molar-refractivity contribution in [2.45, 2.75) is 51.7 Å². The second-order valence-electron chi connectivity index (χ2n) is 4.62. The predicted octanol–water partition coefficient (Wildman–Crippen LogP) is 2.17. The number of aliphatic hydroxyl groups excluding tert-OH is 1. The van der Waals surface area contributed by atoms with Crippen molar-refractivity contribution < 1.29 is 5.11 Å². The number of aryl methyl sites for hydroxylation is 1. The fourth-order valence-electron chi connectivity index (χ4n) is 2.58. The van der Waals surface area contributed by atoms with E-state index >= 15 is 0 Å². The third-order valence-electron chi connectivity index (χ3n) is 3.55. The Kier molecular flexibility index (Phi) is 3.10. The highest BCUT2D eigenvalue weighted by atomic mass is 16.3. The van der Waals surface area contributed by atoms with E-state index in [4.69, 9.17) is 0 Å². The second-order valence-corrected chi connectivity index (χ2v) is 4.62. The summed E-state index contributed by atoms with van der Waals surface area (Å²) in [6.45, 7) is 4.40. The van der Waals surface area contributed by atoms with Gasteiger partial charge in [-0.3, -0.25) is 0 Å². The summed E-state index contributed by atoms with van der Waals surface area (Å²) in [5, 5.41) is 9.73. The van der Waals surface area contributed by atoms with Crippen LogP contribution < -0.4 is 0 Å². The monoisotopic (exact) mass is 208 g/mol.